The summed E-state index contributed by atoms with van der Waals surface area (Å²) in [5.74, 6) is 1.81. The van der Waals surface area contributed by atoms with Crippen LogP contribution in [0.3, 0.4) is 0 Å². The van der Waals surface area contributed by atoms with Crippen LogP contribution < -0.4 is 15.0 Å². The number of hydrogen-bond donors (Lipinski definition) is 1. The van der Waals surface area contributed by atoms with Crippen LogP contribution in [-0.2, 0) is 6.54 Å². The van der Waals surface area contributed by atoms with Crippen LogP contribution in [0, 0.1) is 0 Å². The summed E-state index contributed by atoms with van der Waals surface area (Å²) in [7, 11) is 0. The van der Waals surface area contributed by atoms with Crippen LogP contribution in [0.1, 0.15) is 36.4 Å². The molecule has 2 aliphatic heterocycles. The van der Waals surface area contributed by atoms with E-state index < -0.39 is 0 Å². The number of anilines is 1. The van der Waals surface area contributed by atoms with Crippen LogP contribution >= 0.6 is 0 Å². The molecule has 3 aromatic rings. The summed E-state index contributed by atoms with van der Waals surface area (Å²) in [6.45, 7) is 2.59. The van der Waals surface area contributed by atoms with E-state index in [0.717, 1.165) is 56.2 Å². The highest BCUT2D eigenvalue weighted by atomic mass is 16.5. The van der Waals surface area contributed by atoms with Gasteiger partial charge in [0.25, 0.3) is 0 Å². The molecular formula is C22H24N4O2. The van der Waals surface area contributed by atoms with Crippen molar-refractivity contribution in [3.8, 4) is 5.75 Å². The number of furan rings is 1. The zero-order valence-electron chi connectivity index (χ0n) is 15.8. The maximum atomic E-state index is 6.59. The van der Waals surface area contributed by atoms with Gasteiger partial charge in [-0.3, -0.25) is 0 Å². The Balaban J connectivity index is 1.33. The molecule has 1 fully saturated rings. The maximum absolute atomic E-state index is 6.59. The van der Waals surface area contributed by atoms with Gasteiger partial charge >= 0.3 is 0 Å². The minimum atomic E-state index is -0.145. The standard InChI is InChI=1S/C22H24N4O2/c1-2-5-20-18(4-1)19(25-15-17-6-13-27-16-17)14-22(28-20)7-11-26(12-8-22)21-23-9-3-10-24-21/h1-6,9-10,13,16,19,25H,7-8,11-12,14-15H2/t19-/m1/s1. The minimum absolute atomic E-state index is 0.145. The van der Waals surface area contributed by atoms with Crippen molar-refractivity contribution in [2.75, 3.05) is 18.0 Å². The number of hydrogen-bond acceptors (Lipinski definition) is 6. The lowest BCUT2D eigenvalue weighted by molar-refractivity contribution is 0.00782. The van der Waals surface area contributed by atoms with Gasteiger partial charge in [0.1, 0.15) is 11.4 Å². The van der Waals surface area contributed by atoms with Crippen LogP contribution in [0.15, 0.2) is 65.7 Å². The molecule has 2 aliphatic rings. The van der Waals surface area contributed by atoms with E-state index in [9.17, 15) is 0 Å². The predicted molar refractivity (Wildman–Crippen MR) is 106 cm³/mol. The van der Waals surface area contributed by atoms with E-state index in [0.29, 0.717) is 0 Å². The van der Waals surface area contributed by atoms with Crippen molar-refractivity contribution >= 4 is 5.95 Å². The third-order valence-corrected chi connectivity index (χ3v) is 5.84. The largest absolute Gasteiger partial charge is 0.487 e. The minimum Gasteiger partial charge on any atom is -0.487 e. The molecular weight excluding hydrogens is 352 g/mol. The van der Waals surface area contributed by atoms with Crippen molar-refractivity contribution in [2.45, 2.75) is 37.5 Å². The maximum Gasteiger partial charge on any atom is 0.225 e. The van der Waals surface area contributed by atoms with Crippen molar-refractivity contribution in [3.63, 3.8) is 0 Å². The van der Waals surface area contributed by atoms with Gasteiger partial charge in [-0.05, 0) is 18.2 Å². The van der Waals surface area contributed by atoms with Crippen molar-refractivity contribution < 1.29 is 9.15 Å². The molecule has 6 heteroatoms. The number of nitrogens with zero attached hydrogens (tertiary/aromatic N) is 3. The molecule has 0 radical (unpaired) electrons. The van der Waals surface area contributed by atoms with Crippen molar-refractivity contribution in [1.82, 2.24) is 15.3 Å². The molecule has 5 rings (SSSR count). The zero-order chi connectivity index (χ0) is 18.8. The molecule has 4 heterocycles. The lowest BCUT2D eigenvalue weighted by atomic mass is 9.80. The highest BCUT2D eigenvalue weighted by molar-refractivity contribution is 5.40. The summed E-state index contributed by atoms with van der Waals surface area (Å²) in [5, 5.41) is 3.72. The highest BCUT2D eigenvalue weighted by Gasteiger charge is 2.43. The number of benzene rings is 1. The van der Waals surface area contributed by atoms with Gasteiger partial charge in [0.05, 0.1) is 12.5 Å². The van der Waals surface area contributed by atoms with Gasteiger partial charge < -0.3 is 19.4 Å². The Morgan fingerprint density at radius 3 is 2.68 bits per heavy atom. The third kappa shape index (κ3) is 3.36. The van der Waals surface area contributed by atoms with E-state index in [2.05, 4.69) is 44.5 Å². The first-order valence-electron chi connectivity index (χ1n) is 9.86. The fraction of sp³-hybridized carbons (Fsp3) is 0.364. The Labute approximate surface area is 164 Å². The summed E-state index contributed by atoms with van der Waals surface area (Å²) >= 11 is 0. The molecule has 28 heavy (non-hydrogen) atoms. The first-order chi connectivity index (χ1) is 13.8. The average Bonchev–Trinajstić information content (AvgIpc) is 3.27. The second kappa shape index (κ2) is 7.28. The molecule has 144 valence electrons. The van der Waals surface area contributed by atoms with E-state index in [-0.39, 0.29) is 11.6 Å². The van der Waals surface area contributed by atoms with E-state index in [1.54, 1.807) is 24.9 Å². The summed E-state index contributed by atoms with van der Waals surface area (Å²) in [6.07, 6.45) is 10.0. The Bertz CT molecular complexity index is 905. The van der Waals surface area contributed by atoms with E-state index >= 15 is 0 Å². The summed E-state index contributed by atoms with van der Waals surface area (Å²) in [5.41, 5.74) is 2.26. The first-order valence-corrected chi connectivity index (χ1v) is 9.86. The number of rotatable bonds is 4. The summed E-state index contributed by atoms with van der Waals surface area (Å²) < 4.78 is 11.8. The molecule has 1 aromatic carbocycles. The summed E-state index contributed by atoms with van der Waals surface area (Å²) in [4.78, 5) is 11.0. The van der Waals surface area contributed by atoms with Crippen molar-refractivity contribution in [3.05, 3.63) is 72.4 Å². The fourth-order valence-electron chi connectivity index (χ4n) is 4.31. The molecule has 1 atom stereocenters. The predicted octanol–water partition coefficient (Wildman–Crippen LogP) is 3.72. The van der Waals surface area contributed by atoms with E-state index in [1.807, 2.05) is 12.1 Å². The molecule has 2 aromatic heterocycles. The van der Waals surface area contributed by atoms with Gasteiger partial charge in [-0.2, -0.15) is 0 Å². The number of piperidine rings is 1. The zero-order valence-corrected chi connectivity index (χ0v) is 15.8. The molecule has 6 nitrogen and oxygen atoms in total. The van der Waals surface area contributed by atoms with Crippen molar-refractivity contribution in [2.24, 2.45) is 0 Å². The molecule has 0 unspecified atom stereocenters. The number of aromatic nitrogens is 2. The lowest BCUT2D eigenvalue weighted by Crippen LogP contribution is -2.52. The smallest absolute Gasteiger partial charge is 0.225 e. The van der Waals surface area contributed by atoms with Gasteiger partial charge in [-0.15, -0.1) is 0 Å². The molecule has 0 aliphatic carbocycles. The second-order valence-electron chi connectivity index (χ2n) is 7.63. The number of nitrogens with one attached hydrogen (secondary N) is 1. The van der Waals surface area contributed by atoms with Gasteiger partial charge in [0.2, 0.25) is 5.95 Å². The molecule has 1 N–H and O–H groups in total. The Kier molecular flexibility index (Phi) is 4.49. The average molecular weight is 376 g/mol. The first kappa shape index (κ1) is 17.3. The van der Waals surface area contributed by atoms with E-state index in [4.69, 9.17) is 9.15 Å². The lowest BCUT2D eigenvalue weighted by Gasteiger charge is -2.47. The SMILES string of the molecule is c1cnc(N2CCC3(CC2)C[C@@H](NCc2ccoc2)c2ccccc2O3)nc1. The fourth-order valence-corrected chi connectivity index (χ4v) is 4.31. The topological polar surface area (TPSA) is 63.4 Å². The van der Waals surface area contributed by atoms with Crippen LogP contribution in [0.4, 0.5) is 5.95 Å². The molecule has 1 saturated heterocycles. The van der Waals surface area contributed by atoms with Crippen LogP contribution in [-0.4, -0.2) is 28.7 Å². The third-order valence-electron chi connectivity index (χ3n) is 5.84. The molecule has 0 amide bonds. The Morgan fingerprint density at radius 2 is 1.89 bits per heavy atom. The summed E-state index contributed by atoms with van der Waals surface area (Å²) in [6, 6.07) is 12.5. The number of ether oxygens (including phenoxy) is 1. The quantitative estimate of drug-likeness (QED) is 0.749. The van der Waals surface area contributed by atoms with Gasteiger partial charge in [0, 0.05) is 68.5 Å². The molecule has 1 spiro atoms. The number of para-hydroxylation sites is 1. The van der Waals surface area contributed by atoms with Crippen LogP contribution in [0.2, 0.25) is 0 Å². The normalized spacial score (nSPS) is 20.6. The van der Waals surface area contributed by atoms with Gasteiger partial charge in [0.15, 0.2) is 0 Å². The van der Waals surface area contributed by atoms with E-state index in [1.165, 1.54) is 5.56 Å². The van der Waals surface area contributed by atoms with Crippen LogP contribution in [0.5, 0.6) is 5.75 Å². The molecule has 0 saturated carbocycles. The van der Waals surface area contributed by atoms with Gasteiger partial charge in [-0.1, -0.05) is 18.2 Å². The van der Waals surface area contributed by atoms with Crippen molar-refractivity contribution in [1.29, 1.82) is 0 Å². The molecule has 0 bridgehead atoms. The Morgan fingerprint density at radius 1 is 1.07 bits per heavy atom. The Hall–Kier alpha value is -2.86. The number of fused-ring (bicyclic) bond motifs is 1. The second-order valence-corrected chi connectivity index (χ2v) is 7.63. The van der Waals surface area contributed by atoms with Gasteiger partial charge in [-0.25, -0.2) is 9.97 Å². The van der Waals surface area contributed by atoms with Crippen LogP contribution in [0.25, 0.3) is 0 Å². The monoisotopic (exact) mass is 376 g/mol. The highest BCUT2D eigenvalue weighted by Crippen LogP contribution is 2.44.